The van der Waals surface area contributed by atoms with Crippen LogP contribution in [0.25, 0.3) is 0 Å². The molecular weight excluding hydrogens is 176 g/mol. The smallest absolute Gasteiger partial charge is 0.0208 e. The average molecular weight is 189 g/mol. The van der Waals surface area contributed by atoms with Crippen molar-refractivity contribution in [2.24, 2.45) is 11.8 Å². The van der Waals surface area contributed by atoms with E-state index in [1.165, 1.54) is 32.1 Å². The van der Waals surface area contributed by atoms with Crippen LogP contribution in [-0.2, 0) is 0 Å². The lowest BCUT2D eigenvalue weighted by atomic mass is 10.2. The highest BCUT2D eigenvalue weighted by Gasteiger charge is 2.47. The summed E-state index contributed by atoms with van der Waals surface area (Å²) in [6, 6.07) is 0. The third-order valence-electron chi connectivity index (χ3n) is 2.80. The van der Waals surface area contributed by atoms with E-state index in [1.54, 1.807) is 0 Å². The van der Waals surface area contributed by atoms with Crippen molar-refractivity contribution < 1.29 is 0 Å². The van der Waals surface area contributed by atoms with Gasteiger partial charge < -0.3 is 0 Å². The Morgan fingerprint density at radius 2 is 1.44 bits per heavy atom. The summed E-state index contributed by atoms with van der Waals surface area (Å²) in [5.74, 6) is 2.15. The minimum Gasteiger partial charge on any atom is -0.0884 e. The van der Waals surface area contributed by atoms with Crippen molar-refractivity contribution in [1.82, 2.24) is 0 Å². The Hall–Kier alpha value is 0.480. The van der Waals surface area contributed by atoms with Gasteiger partial charge in [-0.15, -0.1) is 0 Å². The molecule has 0 aromatic heterocycles. The zero-order valence-corrected chi connectivity index (χ0v) is 7.23. The first-order chi connectivity index (χ1) is 4.39. The summed E-state index contributed by atoms with van der Waals surface area (Å²) in [6.07, 6.45) is 7.47. The van der Waals surface area contributed by atoms with Gasteiger partial charge in [0.1, 0.15) is 0 Å². The third kappa shape index (κ3) is 1.04. The normalized spacial score (nSPS) is 49.7. The Kier molecular flexibility index (Phi) is 1.56. The van der Waals surface area contributed by atoms with Gasteiger partial charge in [0.15, 0.2) is 0 Å². The number of hydrogen-bond donors (Lipinski definition) is 0. The highest BCUT2D eigenvalue weighted by molar-refractivity contribution is 9.09. The van der Waals surface area contributed by atoms with Crippen molar-refractivity contribution in [3.05, 3.63) is 0 Å². The number of rotatable bonds is 0. The van der Waals surface area contributed by atoms with Crippen LogP contribution in [0, 0.1) is 11.8 Å². The van der Waals surface area contributed by atoms with Gasteiger partial charge in [-0.3, -0.25) is 0 Å². The van der Waals surface area contributed by atoms with E-state index >= 15 is 0 Å². The second-order valence-electron chi connectivity index (χ2n) is 3.41. The molecule has 2 atom stereocenters. The van der Waals surface area contributed by atoms with E-state index in [0.29, 0.717) is 0 Å². The largest absolute Gasteiger partial charge is 0.0884 e. The topological polar surface area (TPSA) is 0 Å². The fourth-order valence-corrected chi connectivity index (χ4v) is 3.22. The zero-order chi connectivity index (χ0) is 6.27. The van der Waals surface area contributed by atoms with Crippen LogP contribution in [-0.4, -0.2) is 4.83 Å². The van der Waals surface area contributed by atoms with Crippen LogP contribution in [0.2, 0.25) is 0 Å². The van der Waals surface area contributed by atoms with Crippen LogP contribution in [0.5, 0.6) is 0 Å². The van der Waals surface area contributed by atoms with Crippen LogP contribution in [0.15, 0.2) is 0 Å². The van der Waals surface area contributed by atoms with Gasteiger partial charge in [-0.25, -0.2) is 0 Å². The van der Waals surface area contributed by atoms with Gasteiger partial charge in [0.2, 0.25) is 0 Å². The molecule has 0 heterocycles. The molecule has 0 radical (unpaired) electrons. The summed E-state index contributed by atoms with van der Waals surface area (Å²) in [5.41, 5.74) is 0. The molecule has 0 spiro atoms. The van der Waals surface area contributed by atoms with Crippen LogP contribution < -0.4 is 0 Å². The number of hydrogen-bond acceptors (Lipinski definition) is 0. The molecule has 0 saturated heterocycles. The summed E-state index contributed by atoms with van der Waals surface area (Å²) in [6.45, 7) is 0. The second kappa shape index (κ2) is 2.26. The molecule has 2 aliphatic rings. The SMILES string of the molecule is BrC1C2CCCCCC12. The predicted octanol–water partition coefficient (Wildman–Crippen LogP) is 2.96. The fraction of sp³-hybridized carbons (Fsp3) is 1.00. The van der Waals surface area contributed by atoms with E-state index in [0.717, 1.165) is 16.7 Å². The van der Waals surface area contributed by atoms with Crippen molar-refractivity contribution in [1.29, 1.82) is 0 Å². The van der Waals surface area contributed by atoms with E-state index in [-0.39, 0.29) is 0 Å². The summed E-state index contributed by atoms with van der Waals surface area (Å²) >= 11 is 3.71. The maximum absolute atomic E-state index is 3.71. The van der Waals surface area contributed by atoms with Crippen LogP contribution >= 0.6 is 15.9 Å². The van der Waals surface area contributed by atoms with Gasteiger partial charge in [-0.2, -0.15) is 0 Å². The lowest BCUT2D eigenvalue weighted by molar-refractivity contribution is 0.649. The van der Waals surface area contributed by atoms with E-state index < -0.39 is 0 Å². The molecule has 2 fully saturated rings. The molecule has 52 valence electrons. The first-order valence-corrected chi connectivity index (χ1v) is 4.95. The molecular formula is C8H13Br. The summed E-state index contributed by atoms with van der Waals surface area (Å²) in [5, 5.41) is 0. The van der Waals surface area contributed by atoms with Gasteiger partial charge in [0.05, 0.1) is 0 Å². The Morgan fingerprint density at radius 1 is 0.889 bits per heavy atom. The van der Waals surface area contributed by atoms with Crippen molar-refractivity contribution in [2.75, 3.05) is 0 Å². The van der Waals surface area contributed by atoms with E-state index in [4.69, 9.17) is 0 Å². The molecule has 2 unspecified atom stereocenters. The van der Waals surface area contributed by atoms with E-state index in [9.17, 15) is 0 Å². The van der Waals surface area contributed by atoms with Crippen molar-refractivity contribution in [2.45, 2.75) is 36.9 Å². The molecule has 1 heteroatoms. The Morgan fingerprint density at radius 3 is 2.00 bits per heavy atom. The highest BCUT2D eigenvalue weighted by atomic mass is 79.9. The first kappa shape index (κ1) is 6.21. The maximum Gasteiger partial charge on any atom is 0.0208 e. The third-order valence-corrected chi connectivity index (χ3v) is 4.16. The molecule has 9 heavy (non-hydrogen) atoms. The van der Waals surface area contributed by atoms with Gasteiger partial charge in [-0.05, 0) is 24.7 Å². The van der Waals surface area contributed by atoms with Crippen LogP contribution in [0.1, 0.15) is 32.1 Å². The fourth-order valence-electron chi connectivity index (χ4n) is 2.08. The van der Waals surface area contributed by atoms with Crippen LogP contribution in [0.3, 0.4) is 0 Å². The van der Waals surface area contributed by atoms with Crippen LogP contribution in [0.4, 0.5) is 0 Å². The van der Waals surface area contributed by atoms with Gasteiger partial charge in [0.25, 0.3) is 0 Å². The van der Waals surface area contributed by atoms with Crippen molar-refractivity contribution in [3.63, 3.8) is 0 Å². The molecule has 2 saturated carbocycles. The molecule has 2 aliphatic carbocycles. The van der Waals surface area contributed by atoms with Gasteiger partial charge in [-0.1, -0.05) is 35.2 Å². The summed E-state index contributed by atoms with van der Waals surface area (Å²) in [7, 11) is 0. The first-order valence-electron chi connectivity index (χ1n) is 4.03. The lowest BCUT2D eigenvalue weighted by Gasteiger charge is -1.93. The average Bonchev–Trinajstić information content (AvgIpc) is 2.51. The minimum absolute atomic E-state index is 0.915. The maximum atomic E-state index is 3.71. The molecule has 2 rings (SSSR count). The molecule has 0 aromatic rings. The summed E-state index contributed by atoms with van der Waals surface area (Å²) in [4.78, 5) is 0.915. The monoisotopic (exact) mass is 188 g/mol. The van der Waals surface area contributed by atoms with E-state index in [2.05, 4.69) is 15.9 Å². The Balaban J connectivity index is 1.93. The standard InChI is InChI=1S/C8H13Br/c9-8-6-4-2-1-3-5-7(6)8/h6-8H,1-5H2. The number of halogens is 1. The minimum atomic E-state index is 0.915. The predicted molar refractivity (Wildman–Crippen MR) is 42.8 cm³/mol. The van der Waals surface area contributed by atoms with Crippen molar-refractivity contribution in [3.8, 4) is 0 Å². The number of alkyl halides is 1. The van der Waals surface area contributed by atoms with Gasteiger partial charge in [0, 0.05) is 4.83 Å². The quantitative estimate of drug-likeness (QED) is 0.514. The van der Waals surface area contributed by atoms with Crippen molar-refractivity contribution >= 4 is 15.9 Å². The summed E-state index contributed by atoms with van der Waals surface area (Å²) < 4.78 is 0. The Labute approximate surface area is 65.1 Å². The molecule has 0 bridgehead atoms. The van der Waals surface area contributed by atoms with E-state index in [1.807, 2.05) is 0 Å². The second-order valence-corrected chi connectivity index (χ2v) is 4.47. The molecule has 0 aliphatic heterocycles. The molecule has 0 aromatic carbocycles. The highest BCUT2D eigenvalue weighted by Crippen LogP contribution is 2.52. The van der Waals surface area contributed by atoms with Gasteiger partial charge >= 0.3 is 0 Å². The number of fused-ring (bicyclic) bond motifs is 1. The molecule has 0 nitrogen and oxygen atoms in total. The molecule has 0 N–H and O–H groups in total. The Bertz CT molecular complexity index is 99.1. The molecule has 0 amide bonds. The lowest BCUT2D eigenvalue weighted by Crippen LogP contribution is -1.80. The zero-order valence-electron chi connectivity index (χ0n) is 5.65.